The third-order valence-electron chi connectivity index (χ3n) is 3.01. The molecule has 0 aliphatic heterocycles. The lowest BCUT2D eigenvalue weighted by atomic mass is 10.1. The van der Waals surface area contributed by atoms with E-state index in [2.05, 4.69) is 0 Å². The lowest BCUT2D eigenvalue weighted by molar-refractivity contribution is 0.125. The van der Waals surface area contributed by atoms with Gasteiger partial charge in [-0.2, -0.15) is 0 Å². The van der Waals surface area contributed by atoms with E-state index >= 15 is 0 Å². The molecule has 0 aliphatic carbocycles. The van der Waals surface area contributed by atoms with E-state index in [-0.39, 0.29) is 26.5 Å². The molecule has 2 aromatic rings. The minimum Gasteiger partial charge on any atom is -0.482 e. The SMILES string of the molecule is CSCOc1cccc(F)c1-c1ccc(I)c(=O)n1CC(F)F. The van der Waals surface area contributed by atoms with E-state index in [1.807, 2.05) is 6.26 Å². The highest BCUT2D eigenvalue weighted by molar-refractivity contribution is 14.1. The van der Waals surface area contributed by atoms with Crippen LogP contribution < -0.4 is 10.3 Å². The molecule has 1 heterocycles. The van der Waals surface area contributed by atoms with Gasteiger partial charge in [0.2, 0.25) is 0 Å². The maximum atomic E-state index is 14.3. The number of pyridine rings is 1. The molecule has 0 aliphatic rings. The number of rotatable bonds is 6. The van der Waals surface area contributed by atoms with Gasteiger partial charge >= 0.3 is 0 Å². The monoisotopic (exact) mass is 455 g/mol. The van der Waals surface area contributed by atoms with Gasteiger partial charge in [-0.25, -0.2) is 13.2 Å². The van der Waals surface area contributed by atoms with Crippen LogP contribution in [-0.2, 0) is 6.54 Å². The first-order valence-corrected chi connectivity index (χ1v) is 9.01. The second-order valence-corrected chi connectivity index (χ2v) is 6.51. The van der Waals surface area contributed by atoms with E-state index < -0.39 is 24.3 Å². The number of nitrogens with zero attached hydrogens (tertiary/aromatic N) is 1. The summed E-state index contributed by atoms with van der Waals surface area (Å²) < 4.78 is 46.6. The van der Waals surface area contributed by atoms with E-state index in [9.17, 15) is 18.0 Å². The van der Waals surface area contributed by atoms with Crippen LogP contribution in [0.15, 0.2) is 35.1 Å². The minimum absolute atomic E-state index is 0.00991. The van der Waals surface area contributed by atoms with Gasteiger partial charge in [0.25, 0.3) is 12.0 Å². The third kappa shape index (κ3) is 4.23. The molecule has 23 heavy (non-hydrogen) atoms. The summed E-state index contributed by atoms with van der Waals surface area (Å²) in [6, 6.07) is 7.15. The number of ether oxygens (including phenoxy) is 1. The zero-order valence-corrected chi connectivity index (χ0v) is 15.0. The summed E-state index contributed by atoms with van der Waals surface area (Å²) in [6.45, 7) is -0.804. The van der Waals surface area contributed by atoms with Gasteiger partial charge in [0.1, 0.15) is 17.5 Å². The molecule has 0 N–H and O–H groups in total. The molecule has 124 valence electrons. The Bertz CT molecular complexity index is 752. The number of aromatic nitrogens is 1. The zero-order valence-electron chi connectivity index (χ0n) is 12.1. The van der Waals surface area contributed by atoms with E-state index in [0.717, 1.165) is 4.57 Å². The number of hydrogen-bond donors (Lipinski definition) is 0. The van der Waals surface area contributed by atoms with Crippen molar-refractivity contribution in [3.63, 3.8) is 0 Å². The molecule has 0 bridgehead atoms. The Hall–Kier alpha value is -1.16. The van der Waals surface area contributed by atoms with Crippen molar-refractivity contribution in [2.75, 3.05) is 12.2 Å². The number of benzene rings is 1. The molecule has 1 aromatic carbocycles. The molecule has 2 rings (SSSR count). The molecule has 3 nitrogen and oxygen atoms in total. The fourth-order valence-corrected chi connectivity index (χ4v) is 2.80. The Balaban J connectivity index is 2.67. The number of hydrogen-bond acceptors (Lipinski definition) is 3. The summed E-state index contributed by atoms with van der Waals surface area (Å²) in [4.78, 5) is 12.2. The van der Waals surface area contributed by atoms with Gasteiger partial charge in [-0.15, -0.1) is 11.8 Å². The number of alkyl halides is 2. The molecular formula is C15H13F3INO2S. The Kier molecular flexibility index (Phi) is 6.40. The first-order valence-electron chi connectivity index (χ1n) is 6.53. The fraction of sp³-hybridized carbons (Fsp3) is 0.267. The highest BCUT2D eigenvalue weighted by Gasteiger charge is 2.19. The Morgan fingerprint density at radius 1 is 1.30 bits per heavy atom. The van der Waals surface area contributed by atoms with Gasteiger partial charge < -0.3 is 9.30 Å². The molecule has 0 amide bonds. The summed E-state index contributed by atoms with van der Waals surface area (Å²) >= 11 is 3.16. The van der Waals surface area contributed by atoms with Crippen LogP contribution in [0, 0.1) is 9.39 Å². The average Bonchev–Trinajstić information content (AvgIpc) is 2.50. The van der Waals surface area contributed by atoms with Crippen molar-refractivity contribution in [3.05, 3.63) is 50.1 Å². The van der Waals surface area contributed by atoms with Crippen LogP contribution in [-0.4, -0.2) is 23.2 Å². The van der Waals surface area contributed by atoms with E-state index in [4.69, 9.17) is 4.74 Å². The van der Waals surface area contributed by atoms with Crippen molar-refractivity contribution in [2.45, 2.75) is 13.0 Å². The molecule has 0 atom stereocenters. The molecule has 0 radical (unpaired) electrons. The van der Waals surface area contributed by atoms with E-state index in [1.54, 1.807) is 28.7 Å². The second kappa shape index (κ2) is 8.09. The smallest absolute Gasteiger partial charge is 0.264 e. The lowest BCUT2D eigenvalue weighted by Gasteiger charge is -2.17. The summed E-state index contributed by atoms with van der Waals surface area (Å²) in [5.41, 5.74) is -0.497. The molecule has 0 spiro atoms. The van der Waals surface area contributed by atoms with Crippen molar-refractivity contribution in [1.82, 2.24) is 4.57 Å². The normalized spacial score (nSPS) is 11.0. The standard InChI is InChI=1S/C15H13F3INO2S/c1-23-8-22-12-4-2-3-9(16)14(12)11-6-5-10(19)15(21)20(11)7-13(17)18/h2-6,13H,7-8H2,1H3. The van der Waals surface area contributed by atoms with Gasteiger partial charge in [0.05, 0.1) is 21.4 Å². The maximum Gasteiger partial charge on any atom is 0.264 e. The first kappa shape index (κ1) is 18.2. The maximum absolute atomic E-state index is 14.3. The summed E-state index contributed by atoms with van der Waals surface area (Å²) in [5.74, 6) is -0.143. The van der Waals surface area contributed by atoms with Gasteiger partial charge in [0, 0.05) is 0 Å². The van der Waals surface area contributed by atoms with Gasteiger partial charge in [0.15, 0.2) is 0 Å². The average molecular weight is 455 g/mol. The molecule has 1 aromatic heterocycles. The second-order valence-electron chi connectivity index (χ2n) is 4.54. The molecule has 8 heteroatoms. The van der Waals surface area contributed by atoms with Crippen molar-refractivity contribution < 1.29 is 17.9 Å². The van der Waals surface area contributed by atoms with Crippen LogP contribution >= 0.6 is 34.4 Å². The molecule has 0 saturated carbocycles. The topological polar surface area (TPSA) is 31.2 Å². The zero-order chi connectivity index (χ0) is 17.0. The molecular weight excluding hydrogens is 442 g/mol. The predicted octanol–water partition coefficient (Wildman–Crippen LogP) is 4.22. The van der Waals surface area contributed by atoms with Gasteiger partial charge in [-0.3, -0.25) is 4.79 Å². The van der Waals surface area contributed by atoms with Crippen LogP contribution in [0.1, 0.15) is 0 Å². The van der Waals surface area contributed by atoms with Gasteiger partial charge in [-0.05, 0) is 53.1 Å². The van der Waals surface area contributed by atoms with Crippen LogP contribution in [0.5, 0.6) is 5.75 Å². The highest BCUT2D eigenvalue weighted by atomic mass is 127. The van der Waals surface area contributed by atoms with Crippen LogP contribution in [0.4, 0.5) is 13.2 Å². The van der Waals surface area contributed by atoms with E-state index in [1.165, 1.54) is 36.0 Å². The van der Waals surface area contributed by atoms with Crippen molar-refractivity contribution in [2.24, 2.45) is 0 Å². The Morgan fingerprint density at radius 2 is 2.04 bits per heavy atom. The molecule has 0 saturated heterocycles. The van der Waals surface area contributed by atoms with Crippen LogP contribution in [0.25, 0.3) is 11.3 Å². The van der Waals surface area contributed by atoms with Crippen molar-refractivity contribution >= 4 is 34.4 Å². The molecule has 0 fully saturated rings. The largest absolute Gasteiger partial charge is 0.482 e. The predicted molar refractivity (Wildman–Crippen MR) is 93.8 cm³/mol. The summed E-state index contributed by atoms with van der Waals surface area (Å²) in [7, 11) is 0. The quantitative estimate of drug-likeness (QED) is 0.483. The van der Waals surface area contributed by atoms with Crippen molar-refractivity contribution in [3.8, 4) is 17.0 Å². The molecule has 0 unspecified atom stereocenters. The summed E-state index contributed by atoms with van der Waals surface area (Å²) in [6.07, 6.45) is -0.914. The number of thioether (sulfide) groups is 1. The van der Waals surface area contributed by atoms with Crippen molar-refractivity contribution in [1.29, 1.82) is 0 Å². The Morgan fingerprint density at radius 3 is 2.70 bits per heavy atom. The van der Waals surface area contributed by atoms with Crippen LogP contribution in [0.2, 0.25) is 0 Å². The minimum atomic E-state index is -2.73. The Labute approximate surface area is 149 Å². The third-order valence-corrected chi connectivity index (χ3v) is 4.19. The number of halogens is 4. The highest BCUT2D eigenvalue weighted by Crippen LogP contribution is 2.33. The first-order chi connectivity index (χ1) is 11.0. The van der Waals surface area contributed by atoms with E-state index in [0.29, 0.717) is 0 Å². The lowest BCUT2D eigenvalue weighted by Crippen LogP contribution is -2.27. The summed E-state index contributed by atoms with van der Waals surface area (Å²) in [5, 5.41) is 0. The fourth-order valence-electron chi connectivity index (χ4n) is 2.08. The van der Waals surface area contributed by atoms with Crippen LogP contribution in [0.3, 0.4) is 0 Å². The van der Waals surface area contributed by atoms with Gasteiger partial charge in [-0.1, -0.05) is 6.07 Å².